The van der Waals surface area contributed by atoms with Gasteiger partial charge in [0.2, 0.25) is 5.13 Å². The summed E-state index contributed by atoms with van der Waals surface area (Å²) < 4.78 is 5.22. The molecule has 0 saturated heterocycles. The smallest absolute Gasteiger partial charge is 0.257 e. The van der Waals surface area contributed by atoms with Gasteiger partial charge in [-0.2, -0.15) is 0 Å². The van der Waals surface area contributed by atoms with Crippen molar-refractivity contribution in [3.8, 4) is 5.75 Å². The molecule has 0 radical (unpaired) electrons. The minimum atomic E-state index is -0.193. The second-order valence-corrected chi connectivity index (χ2v) is 5.87. The molecule has 20 heavy (non-hydrogen) atoms. The number of ether oxygens (including phenoxy) is 1. The van der Waals surface area contributed by atoms with Crippen LogP contribution in [0, 0.1) is 6.92 Å². The lowest BCUT2D eigenvalue weighted by Crippen LogP contribution is -2.12. The fraction of sp³-hybridized carbons (Fsp3) is 0.357. The van der Waals surface area contributed by atoms with E-state index in [0.29, 0.717) is 22.4 Å². The van der Waals surface area contributed by atoms with Gasteiger partial charge in [0.25, 0.3) is 5.91 Å². The number of methoxy groups -OCH3 is 1. The summed E-state index contributed by atoms with van der Waals surface area (Å²) in [5, 5.41) is 12.5. The van der Waals surface area contributed by atoms with Gasteiger partial charge in [-0.25, -0.2) is 0 Å². The van der Waals surface area contributed by atoms with E-state index in [1.54, 1.807) is 19.2 Å². The fourth-order valence-corrected chi connectivity index (χ4v) is 2.82. The van der Waals surface area contributed by atoms with Crippen LogP contribution in [0.2, 0.25) is 0 Å². The summed E-state index contributed by atoms with van der Waals surface area (Å²) in [6, 6.07) is 5.37. The van der Waals surface area contributed by atoms with Gasteiger partial charge < -0.3 is 4.74 Å². The van der Waals surface area contributed by atoms with Crippen LogP contribution in [0.3, 0.4) is 0 Å². The van der Waals surface area contributed by atoms with Gasteiger partial charge in [-0.3, -0.25) is 10.1 Å². The van der Waals surface area contributed by atoms with Crippen LogP contribution in [0.5, 0.6) is 5.75 Å². The third-order valence-corrected chi connectivity index (χ3v) is 4.26. The van der Waals surface area contributed by atoms with E-state index in [0.717, 1.165) is 10.6 Å². The molecule has 1 heterocycles. The minimum Gasteiger partial charge on any atom is -0.496 e. The monoisotopic (exact) mass is 289 g/mol. The van der Waals surface area contributed by atoms with Crippen molar-refractivity contribution < 1.29 is 9.53 Å². The lowest BCUT2D eigenvalue weighted by Gasteiger charge is -2.07. The van der Waals surface area contributed by atoms with Crippen LogP contribution >= 0.6 is 11.3 Å². The maximum atomic E-state index is 12.2. The Kier molecular flexibility index (Phi) is 3.40. The third-order valence-electron chi connectivity index (χ3n) is 3.26. The van der Waals surface area contributed by atoms with E-state index in [4.69, 9.17) is 4.74 Å². The van der Waals surface area contributed by atoms with E-state index in [1.165, 1.54) is 24.2 Å². The number of benzene rings is 1. The van der Waals surface area contributed by atoms with Gasteiger partial charge in [-0.15, -0.1) is 10.2 Å². The maximum absolute atomic E-state index is 12.2. The molecule has 2 aromatic rings. The average molecular weight is 289 g/mol. The summed E-state index contributed by atoms with van der Waals surface area (Å²) in [6.45, 7) is 1.94. The first-order valence-electron chi connectivity index (χ1n) is 6.47. The van der Waals surface area contributed by atoms with Gasteiger partial charge in [-0.05, 0) is 37.5 Å². The number of carbonyl (C=O) groups is 1. The highest BCUT2D eigenvalue weighted by atomic mass is 32.1. The van der Waals surface area contributed by atoms with Crippen molar-refractivity contribution in [2.75, 3.05) is 12.4 Å². The number of nitrogens with one attached hydrogen (secondary N) is 1. The number of carbonyl (C=O) groups excluding carboxylic acids is 1. The maximum Gasteiger partial charge on any atom is 0.257 e. The molecule has 0 bridgehead atoms. The lowest BCUT2D eigenvalue weighted by atomic mass is 10.1. The van der Waals surface area contributed by atoms with Gasteiger partial charge in [0, 0.05) is 11.5 Å². The Morgan fingerprint density at radius 3 is 2.90 bits per heavy atom. The number of amides is 1. The van der Waals surface area contributed by atoms with Gasteiger partial charge in [0.05, 0.1) is 7.11 Å². The van der Waals surface area contributed by atoms with Crippen LogP contribution in [-0.4, -0.2) is 23.2 Å². The molecule has 0 aliphatic heterocycles. The van der Waals surface area contributed by atoms with E-state index in [-0.39, 0.29) is 5.91 Å². The van der Waals surface area contributed by atoms with E-state index < -0.39 is 0 Å². The highest BCUT2D eigenvalue weighted by Crippen LogP contribution is 2.42. The molecule has 0 unspecified atom stereocenters. The number of anilines is 1. The van der Waals surface area contributed by atoms with Crippen molar-refractivity contribution in [1.82, 2.24) is 10.2 Å². The normalized spacial score (nSPS) is 14.1. The molecule has 3 rings (SSSR count). The zero-order valence-corrected chi connectivity index (χ0v) is 12.2. The van der Waals surface area contributed by atoms with Crippen LogP contribution in [0.25, 0.3) is 0 Å². The average Bonchev–Trinajstić information content (AvgIpc) is 3.20. The largest absolute Gasteiger partial charge is 0.496 e. The Bertz CT molecular complexity index is 650. The van der Waals surface area contributed by atoms with Crippen molar-refractivity contribution in [2.24, 2.45) is 0 Å². The second-order valence-electron chi connectivity index (χ2n) is 4.86. The highest BCUT2D eigenvalue weighted by molar-refractivity contribution is 7.15. The number of hydrogen-bond donors (Lipinski definition) is 1. The zero-order chi connectivity index (χ0) is 14.1. The second kappa shape index (κ2) is 5.20. The molecule has 0 spiro atoms. The molecule has 0 atom stereocenters. The number of aromatic nitrogens is 2. The predicted octanol–water partition coefficient (Wildman–Crippen LogP) is 2.98. The van der Waals surface area contributed by atoms with E-state index in [9.17, 15) is 4.79 Å². The van der Waals surface area contributed by atoms with Gasteiger partial charge in [-0.1, -0.05) is 17.4 Å². The topological polar surface area (TPSA) is 64.1 Å². The van der Waals surface area contributed by atoms with Crippen molar-refractivity contribution in [3.63, 3.8) is 0 Å². The fourth-order valence-electron chi connectivity index (χ4n) is 1.91. The molecule has 5 nitrogen and oxygen atoms in total. The molecule has 1 aromatic carbocycles. The summed E-state index contributed by atoms with van der Waals surface area (Å²) in [4.78, 5) is 12.2. The molecule has 1 aliphatic rings. The molecule has 1 N–H and O–H groups in total. The van der Waals surface area contributed by atoms with Crippen molar-refractivity contribution in [3.05, 3.63) is 34.3 Å². The SMILES string of the molecule is COc1cc(C(=O)Nc2nnc(C3CC3)s2)ccc1C. The first kappa shape index (κ1) is 13.1. The summed E-state index contributed by atoms with van der Waals surface area (Å²) in [6.07, 6.45) is 2.36. The van der Waals surface area contributed by atoms with Crippen LogP contribution in [0.4, 0.5) is 5.13 Å². The third kappa shape index (κ3) is 2.65. The van der Waals surface area contributed by atoms with Crippen LogP contribution in [-0.2, 0) is 0 Å². The minimum absolute atomic E-state index is 0.193. The van der Waals surface area contributed by atoms with Crippen LogP contribution in [0.1, 0.15) is 39.7 Å². The van der Waals surface area contributed by atoms with Crippen LogP contribution in [0.15, 0.2) is 18.2 Å². The molecule has 104 valence electrons. The Labute approximate surface area is 121 Å². The summed E-state index contributed by atoms with van der Waals surface area (Å²) in [7, 11) is 1.59. The Balaban J connectivity index is 1.74. The quantitative estimate of drug-likeness (QED) is 0.939. The first-order valence-corrected chi connectivity index (χ1v) is 7.28. The molecule has 1 aliphatic carbocycles. The van der Waals surface area contributed by atoms with Gasteiger partial charge in [0.1, 0.15) is 10.8 Å². The molecule has 1 amide bonds. The Morgan fingerprint density at radius 1 is 1.40 bits per heavy atom. The predicted molar refractivity (Wildman–Crippen MR) is 77.6 cm³/mol. The summed E-state index contributed by atoms with van der Waals surface area (Å²) in [5.41, 5.74) is 1.55. The zero-order valence-electron chi connectivity index (χ0n) is 11.3. The van der Waals surface area contributed by atoms with Crippen molar-refractivity contribution in [2.45, 2.75) is 25.7 Å². The molecule has 1 aromatic heterocycles. The van der Waals surface area contributed by atoms with Crippen molar-refractivity contribution >= 4 is 22.4 Å². The molecule has 1 saturated carbocycles. The summed E-state index contributed by atoms with van der Waals surface area (Å²) >= 11 is 1.45. The van der Waals surface area contributed by atoms with Gasteiger partial charge >= 0.3 is 0 Å². The first-order chi connectivity index (χ1) is 9.67. The van der Waals surface area contributed by atoms with Crippen LogP contribution < -0.4 is 10.1 Å². The number of rotatable bonds is 4. The highest BCUT2D eigenvalue weighted by Gasteiger charge is 2.27. The number of nitrogens with zero attached hydrogens (tertiary/aromatic N) is 2. The number of hydrogen-bond acceptors (Lipinski definition) is 5. The molecule has 6 heteroatoms. The molecule has 1 fully saturated rings. The Morgan fingerprint density at radius 2 is 2.20 bits per heavy atom. The molecular formula is C14H15N3O2S. The van der Waals surface area contributed by atoms with E-state index >= 15 is 0 Å². The van der Waals surface area contributed by atoms with E-state index in [1.807, 2.05) is 13.0 Å². The van der Waals surface area contributed by atoms with Gasteiger partial charge in [0.15, 0.2) is 0 Å². The number of aryl methyl sites for hydroxylation is 1. The summed E-state index contributed by atoms with van der Waals surface area (Å²) in [5.74, 6) is 1.06. The lowest BCUT2D eigenvalue weighted by molar-refractivity contribution is 0.102. The Hall–Kier alpha value is -1.95. The van der Waals surface area contributed by atoms with E-state index in [2.05, 4.69) is 15.5 Å². The molecular weight excluding hydrogens is 274 g/mol. The van der Waals surface area contributed by atoms with Crippen molar-refractivity contribution in [1.29, 1.82) is 0 Å². The standard InChI is InChI=1S/C14H15N3O2S/c1-8-3-4-10(7-11(8)19-2)12(18)15-14-17-16-13(20-14)9-5-6-9/h3-4,7,9H,5-6H2,1-2H3,(H,15,17,18).